The van der Waals surface area contributed by atoms with Crippen LogP contribution < -0.4 is 4.74 Å². The molecule has 1 N–H and O–H groups in total. The Labute approximate surface area is 109 Å². The number of tetrazole rings is 1. The third-order valence-corrected chi connectivity index (χ3v) is 3.25. The Morgan fingerprint density at radius 1 is 1.44 bits per heavy atom. The van der Waals surface area contributed by atoms with Gasteiger partial charge in [0.1, 0.15) is 5.75 Å². The van der Waals surface area contributed by atoms with Gasteiger partial charge < -0.3 is 4.74 Å². The molecule has 18 heavy (non-hydrogen) atoms. The first-order valence-electron chi connectivity index (χ1n) is 5.93. The van der Waals surface area contributed by atoms with E-state index in [9.17, 15) is 0 Å². The minimum atomic E-state index is -0.234. The number of benzene rings is 1. The van der Waals surface area contributed by atoms with E-state index in [0.29, 0.717) is 11.7 Å². The predicted octanol–water partition coefficient (Wildman–Crippen LogP) is 2.87. The molecule has 1 aliphatic carbocycles. The van der Waals surface area contributed by atoms with Gasteiger partial charge in [-0.05, 0) is 49.4 Å². The number of hydrogen-bond acceptors (Lipinski definition) is 4. The van der Waals surface area contributed by atoms with Gasteiger partial charge in [0.05, 0.1) is 0 Å². The lowest BCUT2D eigenvalue weighted by molar-refractivity contribution is 0.214. The number of aromatic amines is 1. The SMILES string of the molecule is C[C@H](Oc1ccc(Cl)cc1C1CC1)c1nn[nH]n1. The first-order chi connectivity index (χ1) is 8.74. The van der Waals surface area contributed by atoms with Crippen molar-refractivity contribution in [2.75, 3.05) is 0 Å². The second kappa shape index (κ2) is 4.57. The zero-order valence-electron chi connectivity index (χ0n) is 9.93. The Bertz CT molecular complexity index is 539. The molecule has 6 heteroatoms. The third-order valence-electron chi connectivity index (χ3n) is 3.02. The van der Waals surface area contributed by atoms with Crippen LogP contribution in [0.1, 0.15) is 43.2 Å². The molecule has 94 valence electrons. The number of aromatic nitrogens is 4. The van der Waals surface area contributed by atoms with E-state index in [1.54, 1.807) is 0 Å². The summed E-state index contributed by atoms with van der Waals surface area (Å²) in [5, 5.41) is 14.5. The van der Waals surface area contributed by atoms with E-state index >= 15 is 0 Å². The van der Waals surface area contributed by atoms with Crippen LogP contribution in [-0.2, 0) is 0 Å². The van der Waals surface area contributed by atoms with Crippen LogP contribution in [0.5, 0.6) is 5.75 Å². The normalized spacial score (nSPS) is 16.6. The van der Waals surface area contributed by atoms with Crippen molar-refractivity contribution in [3.05, 3.63) is 34.6 Å². The lowest BCUT2D eigenvalue weighted by atomic mass is 10.1. The Balaban J connectivity index is 1.83. The van der Waals surface area contributed by atoms with Crippen LogP contribution >= 0.6 is 11.6 Å². The summed E-state index contributed by atoms with van der Waals surface area (Å²) in [5.41, 5.74) is 1.18. The molecule has 0 amide bonds. The fourth-order valence-corrected chi connectivity index (χ4v) is 2.11. The lowest BCUT2D eigenvalue weighted by Gasteiger charge is -2.15. The molecule has 1 heterocycles. The van der Waals surface area contributed by atoms with Crippen LogP contribution in [0, 0.1) is 0 Å². The topological polar surface area (TPSA) is 63.7 Å². The van der Waals surface area contributed by atoms with Gasteiger partial charge in [0, 0.05) is 5.02 Å². The highest BCUT2D eigenvalue weighted by atomic mass is 35.5. The van der Waals surface area contributed by atoms with Crippen LogP contribution in [0.15, 0.2) is 18.2 Å². The highest BCUT2D eigenvalue weighted by Gasteiger charge is 2.28. The quantitative estimate of drug-likeness (QED) is 0.922. The maximum Gasteiger partial charge on any atom is 0.214 e. The van der Waals surface area contributed by atoms with E-state index in [1.165, 1.54) is 18.4 Å². The molecule has 1 fully saturated rings. The summed E-state index contributed by atoms with van der Waals surface area (Å²) in [7, 11) is 0. The van der Waals surface area contributed by atoms with E-state index < -0.39 is 0 Å². The van der Waals surface area contributed by atoms with Crippen LogP contribution in [-0.4, -0.2) is 20.6 Å². The molecule has 0 spiro atoms. The number of H-pyrrole nitrogens is 1. The van der Waals surface area contributed by atoms with Crippen molar-refractivity contribution >= 4 is 11.6 Å². The lowest BCUT2D eigenvalue weighted by Crippen LogP contribution is -2.06. The molecular formula is C12H13ClN4O. The Kier molecular flexibility index (Phi) is 2.91. The number of rotatable bonds is 4. The first kappa shape index (κ1) is 11.5. The molecule has 2 aromatic rings. The van der Waals surface area contributed by atoms with Crippen molar-refractivity contribution in [1.29, 1.82) is 0 Å². The maximum absolute atomic E-state index is 6.03. The van der Waals surface area contributed by atoms with Gasteiger partial charge in [-0.1, -0.05) is 16.8 Å². The van der Waals surface area contributed by atoms with Crippen molar-refractivity contribution in [2.45, 2.75) is 31.8 Å². The molecule has 1 aromatic carbocycles. The largest absolute Gasteiger partial charge is 0.482 e. The molecule has 1 aliphatic rings. The maximum atomic E-state index is 6.03. The summed E-state index contributed by atoms with van der Waals surface area (Å²) in [4.78, 5) is 0. The molecule has 1 aromatic heterocycles. The average Bonchev–Trinajstić information content (AvgIpc) is 3.05. The molecule has 3 rings (SSSR count). The fraction of sp³-hybridized carbons (Fsp3) is 0.417. The monoisotopic (exact) mass is 264 g/mol. The van der Waals surface area contributed by atoms with Crippen LogP contribution in [0.4, 0.5) is 0 Å². The molecule has 5 nitrogen and oxygen atoms in total. The molecule has 0 aliphatic heterocycles. The summed E-state index contributed by atoms with van der Waals surface area (Å²) >= 11 is 6.03. The van der Waals surface area contributed by atoms with E-state index in [1.807, 2.05) is 25.1 Å². The molecular weight excluding hydrogens is 252 g/mol. The van der Waals surface area contributed by atoms with Gasteiger partial charge in [0.2, 0.25) is 5.82 Å². The van der Waals surface area contributed by atoms with Crippen molar-refractivity contribution in [2.24, 2.45) is 0 Å². The Morgan fingerprint density at radius 3 is 2.94 bits per heavy atom. The molecule has 0 radical (unpaired) electrons. The predicted molar refractivity (Wildman–Crippen MR) is 66.6 cm³/mol. The summed E-state index contributed by atoms with van der Waals surface area (Å²) in [6.07, 6.45) is 2.17. The van der Waals surface area contributed by atoms with Crippen LogP contribution in [0.3, 0.4) is 0 Å². The van der Waals surface area contributed by atoms with Crippen molar-refractivity contribution < 1.29 is 4.74 Å². The van der Waals surface area contributed by atoms with Gasteiger partial charge in [0.15, 0.2) is 6.10 Å². The number of halogens is 1. The number of hydrogen-bond donors (Lipinski definition) is 1. The summed E-state index contributed by atoms with van der Waals surface area (Å²) < 4.78 is 5.90. The van der Waals surface area contributed by atoms with Gasteiger partial charge >= 0.3 is 0 Å². The highest BCUT2D eigenvalue weighted by Crippen LogP contribution is 2.45. The van der Waals surface area contributed by atoms with Gasteiger partial charge in [-0.25, -0.2) is 0 Å². The van der Waals surface area contributed by atoms with Gasteiger partial charge in [0.25, 0.3) is 0 Å². The highest BCUT2D eigenvalue weighted by molar-refractivity contribution is 6.30. The van der Waals surface area contributed by atoms with E-state index in [-0.39, 0.29) is 6.10 Å². The molecule has 0 saturated heterocycles. The van der Waals surface area contributed by atoms with Crippen molar-refractivity contribution in [1.82, 2.24) is 20.6 Å². The second-order valence-corrected chi connectivity index (χ2v) is 4.92. The van der Waals surface area contributed by atoms with Gasteiger partial charge in [-0.3, -0.25) is 0 Å². The molecule has 1 atom stereocenters. The minimum Gasteiger partial charge on any atom is -0.482 e. The Hall–Kier alpha value is -1.62. The van der Waals surface area contributed by atoms with Crippen LogP contribution in [0.2, 0.25) is 5.02 Å². The fourth-order valence-electron chi connectivity index (χ4n) is 1.92. The summed E-state index contributed by atoms with van der Waals surface area (Å²) in [6.45, 7) is 1.90. The van der Waals surface area contributed by atoms with Gasteiger partial charge in [-0.15, -0.1) is 10.2 Å². The molecule has 1 saturated carbocycles. The second-order valence-electron chi connectivity index (χ2n) is 4.49. The van der Waals surface area contributed by atoms with Crippen molar-refractivity contribution in [3.63, 3.8) is 0 Å². The smallest absolute Gasteiger partial charge is 0.214 e. The number of nitrogens with zero attached hydrogens (tertiary/aromatic N) is 3. The van der Waals surface area contributed by atoms with E-state index in [2.05, 4.69) is 20.6 Å². The first-order valence-corrected chi connectivity index (χ1v) is 6.31. The zero-order chi connectivity index (χ0) is 12.5. The zero-order valence-corrected chi connectivity index (χ0v) is 10.7. The van der Waals surface area contributed by atoms with Gasteiger partial charge in [-0.2, -0.15) is 5.21 Å². The average molecular weight is 265 g/mol. The molecule has 0 unspecified atom stereocenters. The van der Waals surface area contributed by atoms with E-state index in [4.69, 9.17) is 16.3 Å². The van der Waals surface area contributed by atoms with Crippen LogP contribution in [0.25, 0.3) is 0 Å². The number of ether oxygens (including phenoxy) is 1. The Morgan fingerprint density at radius 2 is 2.28 bits per heavy atom. The summed E-state index contributed by atoms with van der Waals surface area (Å²) in [6, 6.07) is 5.73. The number of nitrogens with one attached hydrogen (secondary N) is 1. The molecule has 0 bridgehead atoms. The summed E-state index contributed by atoms with van der Waals surface area (Å²) in [5.74, 6) is 1.99. The minimum absolute atomic E-state index is 0.234. The third kappa shape index (κ3) is 2.31. The standard InChI is InChI=1S/C12H13ClN4O/c1-7(12-14-16-17-15-12)18-11-5-4-9(13)6-10(11)8-2-3-8/h4-8H,2-3H2,1H3,(H,14,15,16,17)/t7-/m0/s1. The van der Waals surface area contributed by atoms with E-state index in [0.717, 1.165) is 10.8 Å². The van der Waals surface area contributed by atoms with Crippen molar-refractivity contribution in [3.8, 4) is 5.75 Å².